The van der Waals surface area contributed by atoms with E-state index < -0.39 is 0 Å². The van der Waals surface area contributed by atoms with Gasteiger partial charge in [-0.15, -0.1) is 0 Å². The Hall–Kier alpha value is -1.70. The summed E-state index contributed by atoms with van der Waals surface area (Å²) in [5.41, 5.74) is 2.36. The van der Waals surface area contributed by atoms with Gasteiger partial charge in [0.05, 0.1) is 0 Å². The van der Waals surface area contributed by atoms with Crippen LogP contribution in [0.15, 0.2) is 48.9 Å². The van der Waals surface area contributed by atoms with Crippen LogP contribution < -0.4 is 0 Å². The van der Waals surface area contributed by atoms with Crippen molar-refractivity contribution in [1.82, 2.24) is 9.97 Å². The summed E-state index contributed by atoms with van der Waals surface area (Å²) in [5, 5.41) is 0. The Morgan fingerprint density at radius 2 is 2.00 bits per heavy atom. The van der Waals surface area contributed by atoms with Crippen molar-refractivity contribution in [3.05, 3.63) is 66.6 Å². The fraction of sp³-hybridized carbons (Fsp3) is 0.154. The first-order chi connectivity index (χ1) is 7.45. The maximum absolute atomic E-state index is 4.26. The molecule has 0 spiro atoms. The van der Waals surface area contributed by atoms with Crippen molar-refractivity contribution in [2.24, 2.45) is 0 Å². The zero-order chi connectivity index (χ0) is 10.3. The molecule has 0 aliphatic heterocycles. The maximum Gasteiger partial charge on any atom is 0.0406 e. The minimum absolute atomic E-state index is 0.912. The van der Waals surface area contributed by atoms with Crippen LogP contribution in [-0.4, -0.2) is 9.97 Å². The molecule has 0 saturated heterocycles. The monoisotopic (exact) mass is 197 g/mol. The van der Waals surface area contributed by atoms with E-state index in [9.17, 15) is 0 Å². The van der Waals surface area contributed by atoms with Crippen LogP contribution in [0.3, 0.4) is 0 Å². The Morgan fingerprint density at radius 3 is 2.73 bits per heavy atom. The Morgan fingerprint density at radius 1 is 1.00 bits per heavy atom. The number of nitrogens with zero attached hydrogens (tertiary/aromatic N) is 2. The average Bonchev–Trinajstić information content (AvgIpc) is 2.32. The van der Waals surface area contributed by atoms with Gasteiger partial charge in [-0.25, -0.2) is 0 Å². The summed E-state index contributed by atoms with van der Waals surface area (Å²) >= 11 is 0. The summed E-state index contributed by atoms with van der Waals surface area (Å²) in [6.07, 6.45) is 9.60. The topological polar surface area (TPSA) is 25.8 Å². The van der Waals surface area contributed by atoms with Gasteiger partial charge >= 0.3 is 0 Å². The molecule has 15 heavy (non-hydrogen) atoms. The molecule has 0 fully saturated rings. The predicted molar refractivity (Wildman–Crippen MR) is 60.2 cm³/mol. The van der Waals surface area contributed by atoms with Crippen LogP contribution >= 0.6 is 0 Å². The zero-order valence-electron chi connectivity index (χ0n) is 8.50. The summed E-state index contributed by atoms with van der Waals surface area (Å²) in [7, 11) is 0. The first-order valence-electron chi connectivity index (χ1n) is 5.05. The minimum atomic E-state index is 0.912. The van der Waals surface area contributed by atoms with E-state index in [-0.39, 0.29) is 0 Å². The van der Waals surface area contributed by atoms with Crippen LogP contribution in [0.25, 0.3) is 0 Å². The predicted octanol–water partition coefficient (Wildman–Crippen LogP) is 2.47. The largest absolute Gasteiger partial charge is 0.264 e. The lowest BCUT2D eigenvalue weighted by molar-refractivity contribution is 0.974. The lowest BCUT2D eigenvalue weighted by atomic mass is 10.1. The molecule has 2 nitrogen and oxygen atoms in total. The lowest BCUT2D eigenvalue weighted by Gasteiger charge is -2.00. The molecule has 0 amide bonds. The molecule has 0 atom stereocenters. The molecule has 0 unspecified atom stereocenters. The molecule has 2 rings (SSSR count). The van der Waals surface area contributed by atoms with Crippen molar-refractivity contribution in [3.63, 3.8) is 0 Å². The van der Waals surface area contributed by atoms with E-state index in [0.29, 0.717) is 0 Å². The van der Waals surface area contributed by atoms with Crippen LogP contribution in [0.2, 0.25) is 0 Å². The second-order valence-electron chi connectivity index (χ2n) is 3.38. The third-order valence-corrected chi connectivity index (χ3v) is 2.18. The van der Waals surface area contributed by atoms with Gasteiger partial charge in [0, 0.05) is 24.3 Å². The second kappa shape index (κ2) is 5.25. The fourth-order valence-electron chi connectivity index (χ4n) is 1.42. The normalized spacial score (nSPS) is 10.1. The highest BCUT2D eigenvalue weighted by molar-refractivity contribution is 5.13. The third-order valence-electron chi connectivity index (χ3n) is 2.18. The summed E-state index contributed by atoms with van der Waals surface area (Å²) in [4.78, 5) is 8.34. The molecule has 0 bridgehead atoms. The summed E-state index contributed by atoms with van der Waals surface area (Å²) in [6, 6.07) is 10.0. The van der Waals surface area contributed by atoms with E-state index >= 15 is 0 Å². The van der Waals surface area contributed by atoms with Gasteiger partial charge in [-0.3, -0.25) is 9.97 Å². The number of pyridine rings is 2. The van der Waals surface area contributed by atoms with E-state index in [1.54, 1.807) is 6.20 Å². The van der Waals surface area contributed by atoms with Crippen LogP contribution in [-0.2, 0) is 12.8 Å². The molecule has 2 heteroatoms. The Kier molecular flexibility index (Phi) is 3.44. The summed E-state index contributed by atoms with van der Waals surface area (Å²) in [5.74, 6) is 0. The van der Waals surface area contributed by atoms with Gasteiger partial charge in [0.1, 0.15) is 0 Å². The van der Waals surface area contributed by atoms with Crippen LogP contribution in [0.4, 0.5) is 0 Å². The molecule has 75 valence electrons. The van der Waals surface area contributed by atoms with Crippen molar-refractivity contribution in [3.8, 4) is 0 Å². The van der Waals surface area contributed by atoms with Gasteiger partial charge in [-0.1, -0.05) is 12.1 Å². The molecule has 0 N–H and O–H groups in total. The van der Waals surface area contributed by atoms with E-state index in [1.807, 2.05) is 36.7 Å². The lowest BCUT2D eigenvalue weighted by Crippen LogP contribution is -1.93. The quantitative estimate of drug-likeness (QED) is 0.752. The molecule has 2 heterocycles. The number of rotatable bonds is 4. The van der Waals surface area contributed by atoms with Crippen molar-refractivity contribution in [1.29, 1.82) is 0 Å². The summed E-state index contributed by atoms with van der Waals surface area (Å²) < 4.78 is 0. The number of hydrogen-bond donors (Lipinski definition) is 0. The van der Waals surface area contributed by atoms with Gasteiger partial charge < -0.3 is 0 Å². The number of aromatic nitrogens is 2. The Balaban J connectivity index is 1.81. The highest BCUT2D eigenvalue weighted by atomic mass is 14.7. The molecular formula is C13H13N2. The smallest absolute Gasteiger partial charge is 0.0406 e. The second-order valence-corrected chi connectivity index (χ2v) is 3.38. The molecular weight excluding hydrogens is 184 g/mol. The highest BCUT2D eigenvalue weighted by Crippen LogP contribution is 2.03. The maximum atomic E-state index is 4.26. The molecule has 2 aromatic heterocycles. The molecule has 0 saturated carbocycles. The summed E-state index contributed by atoms with van der Waals surface area (Å²) in [6.45, 7) is 0. The molecule has 2 aromatic rings. The van der Waals surface area contributed by atoms with Crippen LogP contribution in [0, 0.1) is 6.42 Å². The molecule has 0 aliphatic carbocycles. The Bertz CT molecular complexity index is 344. The van der Waals surface area contributed by atoms with E-state index in [2.05, 4.69) is 22.5 Å². The fourth-order valence-corrected chi connectivity index (χ4v) is 1.42. The molecule has 0 aliphatic rings. The standard InChI is InChI=1S/C13H13N2/c1-2-10-15-13(7-1)8-3-5-12-6-4-9-14-11-12/h1-4,6-7,9-11H,5,8H2. The van der Waals surface area contributed by atoms with Gasteiger partial charge in [0.25, 0.3) is 0 Å². The first kappa shape index (κ1) is 9.84. The van der Waals surface area contributed by atoms with E-state index in [1.165, 1.54) is 5.56 Å². The van der Waals surface area contributed by atoms with Gasteiger partial charge in [0.15, 0.2) is 0 Å². The SMILES string of the molecule is [CH](Cc1cccnc1)Cc1ccccn1. The number of hydrogen-bond acceptors (Lipinski definition) is 2. The Labute approximate surface area is 90.0 Å². The van der Waals surface area contributed by atoms with Crippen LogP contribution in [0.1, 0.15) is 11.3 Å². The van der Waals surface area contributed by atoms with E-state index in [4.69, 9.17) is 0 Å². The zero-order valence-corrected chi connectivity index (χ0v) is 8.50. The van der Waals surface area contributed by atoms with Crippen molar-refractivity contribution >= 4 is 0 Å². The minimum Gasteiger partial charge on any atom is -0.264 e. The highest BCUT2D eigenvalue weighted by Gasteiger charge is 1.95. The van der Waals surface area contributed by atoms with Crippen LogP contribution in [0.5, 0.6) is 0 Å². The van der Waals surface area contributed by atoms with E-state index in [0.717, 1.165) is 18.5 Å². The third kappa shape index (κ3) is 3.17. The first-order valence-corrected chi connectivity index (χ1v) is 5.05. The molecule has 0 aromatic carbocycles. The van der Waals surface area contributed by atoms with Crippen molar-refractivity contribution < 1.29 is 0 Å². The molecule has 1 radical (unpaired) electrons. The van der Waals surface area contributed by atoms with Gasteiger partial charge in [-0.2, -0.15) is 0 Å². The van der Waals surface area contributed by atoms with Crippen molar-refractivity contribution in [2.45, 2.75) is 12.8 Å². The average molecular weight is 197 g/mol. The van der Waals surface area contributed by atoms with Crippen molar-refractivity contribution in [2.75, 3.05) is 0 Å². The van der Waals surface area contributed by atoms with Gasteiger partial charge in [-0.05, 0) is 43.0 Å². The van der Waals surface area contributed by atoms with Gasteiger partial charge in [0.2, 0.25) is 0 Å².